The number of hydrogen-bond acceptors (Lipinski definition) is 1. The summed E-state index contributed by atoms with van der Waals surface area (Å²) in [6.07, 6.45) is 0. The zero-order valence-corrected chi connectivity index (χ0v) is 5.10. The molecule has 40 valence electrons. The molecule has 0 aromatic heterocycles. The lowest BCUT2D eigenvalue weighted by atomic mass is 10.5. The van der Waals surface area contributed by atoms with E-state index in [0.29, 0.717) is 0 Å². The lowest BCUT2D eigenvalue weighted by molar-refractivity contribution is -0.558. The molecule has 1 aliphatic rings. The van der Waals surface area contributed by atoms with Crippen LogP contribution in [0.15, 0.2) is 0 Å². The van der Waals surface area contributed by atoms with Crippen molar-refractivity contribution < 1.29 is 4.58 Å². The Hall–Kier alpha value is -0.530. The van der Waals surface area contributed by atoms with E-state index in [1.54, 1.807) is 0 Å². The predicted octanol–water partition coefficient (Wildman–Crippen LogP) is -0.0500. The fraction of sp³-hybridized carbons (Fsp3) is 0.800. The van der Waals surface area contributed by atoms with E-state index in [-0.39, 0.29) is 0 Å². The first-order chi connectivity index (χ1) is 3.22. The van der Waals surface area contributed by atoms with E-state index in [1.165, 1.54) is 5.84 Å². The van der Waals surface area contributed by atoms with Crippen molar-refractivity contribution in [2.24, 2.45) is 0 Å². The third kappa shape index (κ3) is 0.501. The lowest BCUT2D eigenvalue weighted by Crippen LogP contribution is -2.47. The quantitative estimate of drug-likeness (QED) is 0.386. The fourth-order valence-electron chi connectivity index (χ4n) is 0.736. The van der Waals surface area contributed by atoms with Crippen LogP contribution in [0.25, 0.3) is 0 Å². The number of nitrogens with zero attached hydrogens (tertiary/aromatic N) is 2. The van der Waals surface area contributed by atoms with Crippen LogP contribution in [-0.2, 0) is 0 Å². The summed E-state index contributed by atoms with van der Waals surface area (Å²) in [7, 11) is 4.19. The maximum Gasteiger partial charge on any atom is 0.249 e. The van der Waals surface area contributed by atoms with Crippen molar-refractivity contribution in [1.82, 2.24) is 4.90 Å². The van der Waals surface area contributed by atoms with Crippen molar-refractivity contribution in [3.05, 3.63) is 0 Å². The monoisotopic (exact) mass is 99.1 g/mol. The van der Waals surface area contributed by atoms with Crippen molar-refractivity contribution in [3.63, 3.8) is 0 Å². The molecular formula is C5H11N2+. The third-order valence-electron chi connectivity index (χ3n) is 1.53. The minimum absolute atomic E-state index is 1.09. The molecule has 7 heavy (non-hydrogen) atoms. The lowest BCUT2D eigenvalue weighted by Gasteiger charge is -2.22. The van der Waals surface area contributed by atoms with Crippen molar-refractivity contribution in [1.29, 1.82) is 0 Å². The highest BCUT2D eigenvalue weighted by Crippen LogP contribution is 1.95. The number of hydrogen-bond donors (Lipinski definition) is 0. The Kier molecular flexibility index (Phi) is 0.805. The van der Waals surface area contributed by atoms with Crippen LogP contribution >= 0.6 is 0 Å². The molecule has 1 aliphatic heterocycles. The van der Waals surface area contributed by atoms with Crippen molar-refractivity contribution >= 4 is 5.84 Å². The summed E-state index contributed by atoms with van der Waals surface area (Å²) in [5.74, 6) is 1.36. The first kappa shape index (κ1) is 4.62. The van der Waals surface area contributed by atoms with Gasteiger partial charge in [0.15, 0.2) is 0 Å². The third-order valence-corrected chi connectivity index (χ3v) is 1.53. The van der Waals surface area contributed by atoms with E-state index in [9.17, 15) is 0 Å². The maximum absolute atomic E-state index is 2.21. The summed E-state index contributed by atoms with van der Waals surface area (Å²) in [4.78, 5) is 2.21. The molecule has 1 heterocycles. The van der Waals surface area contributed by atoms with Gasteiger partial charge in [-0.3, -0.25) is 0 Å². The van der Waals surface area contributed by atoms with Gasteiger partial charge in [0.05, 0.1) is 14.1 Å². The van der Waals surface area contributed by atoms with Crippen LogP contribution in [0.3, 0.4) is 0 Å². The summed E-state index contributed by atoms with van der Waals surface area (Å²) in [6.45, 7) is 3.20. The zero-order valence-electron chi connectivity index (χ0n) is 5.10. The molecule has 1 rings (SSSR count). The summed E-state index contributed by atoms with van der Waals surface area (Å²) in [5.41, 5.74) is 0. The highest BCUT2D eigenvalue weighted by molar-refractivity contribution is 5.76. The summed E-state index contributed by atoms with van der Waals surface area (Å²) in [6, 6.07) is 0. The largest absolute Gasteiger partial charge is 0.249 e. The Morgan fingerprint density at radius 1 is 1.71 bits per heavy atom. The van der Waals surface area contributed by atoms with Crippen LogP contribution in [0.4, 0.5) is 0 Å². The van der Waals surface area contributed by atoms with Crippen molar-refractivity contribution in [3.8, 4) is 0 Å². The topological polar surface area (TPSA) is 6.25 Å². The Morgan fingerprint density at radius 3 is 2.29 bits per heavy atom. The van der Waals surface area contributed by atoms with Gasteiger partial charge in [0.2, 0.25) is 12.5 Å². The molecule has 2 heteroatoms. The Balaban J connectivity index is 2.65. The van der Waals surface area contributed by atoms with Crippen LogP contribution in [0, 0.1) is 0 Å². The van der Waals surface area contributed by atoms with Gasteiger partial charge >= 0.3 is 0 Å². The molecule has 0 aromatic carbocycles. The molecule has 0 saturated heterocycles. The first-order valence-electron chi connectivity index (χ1n) is 2.47. The molecule has 0 unspecified atom stereocenters. The van der Waals surface area contributed by atoms with E-state index in [1.807, 2.05) is 0 Å². The highest BCUT2D eigenvalue weighted by atomic mass is 15.4. The predicted molar refractivity (Wildman–Crippen MR) is 29.5 cm³/mol. The molecule has 0 N–H and O–H groups in total. The first-order valence-corrected chi connectivity index (χ1v) is 2.47. The summed E-state index contributed by atoms with van der Waals surface area (Å²) < 4.78 is 2.21. The second-order valence-corrected chi connectivity index (χ2v) is 2.08. The molecule has 0 aliphatic carbocycles. The standard InChI is InChI=1S/C5H11N2/c1-5-6(2)4-7(5)3/h4H2,1-3H3/q+1. The van der Waals surface area contributed by atoms with Gasteiger partial charge in [-0.1, -0.05) is 0 Å². The van der Waals surface area contributed by atoms with E-state index >= 15 is 0 Å². The second-order valence-electron chi connectivity index (χ2n) is 2.08. The number of amidine groups is 1. The highest BCUT2D eigenvalue weighted by Gasteiger charge is 2.22. The molecule has 0 atom stereocenters. The Labute approximate surface area is 44.1 Å². The summed E-state index contributed by atoms with van der Waals surface area (Å²) in [5, 5.41) is 0. The molecule has 0 spiro atoms. The van der Waals surface area contributed by atoms with E-state index in [2.05, 4.69) is 30.5 Å². The smallest absolute Gasteiger partial charge is 0.231 e. The average Bonchev–Trinajstić information content (AvgIpc) is 1.68. The van der Waals surface area contributed by atoms with Gasteiger partial charge < -0.3 is 0 Å². The zero-order chi connectivity index (χ0) is 5.44. The van der Waals surface area contributed by atoms with E-state index in [0.717, 1.165) is 6.67 Å². The van der Waals surface area contributed by atoms with Crippen LogP contribution in [0.2, 0.25) is 0 Å². The van der Waals surface area contributed by atoms with E-state index < -0.39 is 0 Å². The van der Waals surface area contributed by atoms with Gasteiger partial charge in [0.1, 0.15) is 0 Å². The normalized spacial score (nSPS) is 20.1. The van der Waals surface area contributed by atoms with Gasteiger partial charge in [0.25, 0.3) is 0 Å². The molecule has 0 aromatic rings. The van der Waals surface area contributed by atoms with Gasteiger partial charge in [0, 0.05) is 6.92 Å². The fourth-order valence-corrected chi connectivity index (χ4v) is 0.736. The molecule has 0 fully saturated rings. The molecule has 0 amide bonds. The van der Waals surface area contributed by atoms with Crippen LogP contribution < -0.4 is 0 Å². The van der Waals surface area contributed by atoms with Gasteiger partial charge in [-0.05, 0) is 0 Å². The van der Waals surface area contributed by atoms with E-state index in [4.69, 9.17) is 0 Å². The molecular weight excluding hydrogens is 88.1 g/mol. The SMILES string of the molecule is CC1=[N+](C)CN1C. The summed E-state index contributed by atoms with van der Waals surface area (Å²) >= 11 is 0. The number of rotatable bonds is 0. The Bertz CT molecular complexity index is 115. The minimum atomic E-state index is 1.09. The van der Waals surface area contributed by atoms with Crippen LogP contribution in [0.1, 0.15) is 6.92 Å². The van der Waals surface area contributed by atoms with Gasteiger partial charge in [-0.15, -0.1) is 0 Å². The maximum atomic E-state index is 2.21. The Morgan fingerprint density at radius 2 is 2.29 bits per heavy atom. The van der Waals surface area contributed by atoms with Crippen LogP contribution in [0.5, 0.6) is 0 Å². The minimum Gasteiger partial charge on any atom is -0.231 e. The van der Waals surface area contributed by atoms with Crippen molar-refractivity contribution in [2.45, 2.75) is 6.92 Å². The average molecular weight is 99.2 g/mol. The van der Waals surface area contributed by atoms with Gasteiger partial charge in [-0.2, -0.15) is 0 Å². The molecule has 0 radical (unpaired) electrons. The molecule has 0 saturated carbocycles. The molecule has 0 bridgehead atoms. The molecule has 2 nitrogen and oxygen atoms in total. The van der Waals surface area contributed by atoms with Gasteiger partial charge in [-0.25, -0.2) is 9.48 Å². The van der Waals surface area contributed by atoms with Crippen LogP contribution in [-0.4, -0.2) is 36.1 Å². The second kappa shape index (κ2) is 1.22. The van der Waals surface area contributed by atoms with Crippen molar-refractivity contribution in [2.75, 3.05) is 20.8 Å².